The molecule has 2 N–H and O–H groups in total. The lowest BCUT2D eigenvalue weighted by Gasteiger charge is -2.23. The number of carbonyl (C=O) groups is 1. The summed E-state index contributed by atoms with van der Waals surface area (Å²) in [5.41, 5.74) is -0.459. The topological polar surface area (TPSA) is 59.6 Å². The average Bonchev–Trinajstić information content (AvgIpc) is 2.27. The second kappa shape index (κ2) is 7.38. The molecule has 0 saturated carbocycles. The van der Waals surface area contributed by atoms with E-state index in [9.17, 15) is 4.79 Å². The molecule has 0 aliphatic carbocycles. The molecule has 5 nitrogen and oxygen atoms in total. The number of alkyl carbamates (subject to hydrolysis) is 1. The molecule has 19 heavy (non-hydrogen) atoms. The molecule has 1 amide bonds. The minimum Gasteiger partial charge on any atom is -0.497 e. The van der Waals surface area contributed by atoms with Crippen molar-refractivity contribution in [2.45, 2.75) is 58.3 Å². The smallest absolute Gasteiger partial charge is 0.407 e. The zero-order chi connectivity index (χ0) is 14.3. The van der Waals surface area contributed by atoms with Gasteiger partial charge < -0.3 is 20.1 Å². The van der Waals surface area contributed by atoms with Crippen molar-refractivity contribution in [3.8, 4) is 0 Å². The quantitative estimate of drug-likeness (QED) is 0.804. The summed E-state index contributed by atoms with van der Waals surface area (Å²) in [7, 11) is 0. The molecule has 0 aromatic rings. The van der Waals surface area contributed by atoms with Crippen molar-refractivity contribution >= 4 is 6.09 Å². The highest BCUT2D eigenvalue weighted by Crippen LogP contribution is 2.09. The van der Waals surface area contributed by atoms with Gasteiger partial charge in [0.15, 0.2) is 0 Å². The summed E-state index contributed by atoms with van der Waals surface area (Å²) in [4.78, 5) is 11.5. The zero-order valence-corrected chi connectivity index (χ0v) is 12.4. The van der Waals surface area contributed by atoms with Gasteiger partial charge in [-0.3, -0.25) is 0 Å². The highest BCUT2D eigenvalue weighted by Gasteiger charge is 2.17. The molecule has 0 fully saturated rings. The van der Waals surface area contributed by atoms with Gasteiger partial charge in [-0.25, -0.2) is 4.79 Å². The van der Waals surface area contributed by atoms with Crippen molar-refractivity contribution < 1.29 is 14.3 Å². The molecule has 0 aromatic heterocycles. The third-order valence-electron chi connectivity index (χ3n) is 2.61. The lowest BCUT2D eigenvalue weighted by atomic mass is 10.1. The predicted molar refractivity (Wildman–Crippen MR) is 74.9 cm³/mol. The molecule has 1 aliphatic heterocycles. The Labute approximate surface area is 115 Å². The van der Waals surface area contributed by atoms with Gasteiger partial charge in [-0.05, 0) is 46.6 Å². The second-order valence-corrected chi connectivity index (χ2v) is 5.91. The first-order chi connectivity index (χ1) is 8.87. The van der Waals surface area contributed by atoms with E-state index in [0.29, 0.717) is 6.54 Å². The summed E-state index contributed by atoms with van der Waals surface area (Å²) in [6.45, 7) is 8.99. The fourth-order valence-electron chi connectivity index (χ4n) is 1.76. The number of hydrogen-bond acceptors (Lipinski definition) is 4. The normalized spacial score (nSPS) is 20.5. The van der Waals surface area contributed by atoms with Crippen LogP contribution in [0.2, 0.25) is 0 Å². The second-order valence-electron chi connectivity index (χ2n) is 5.91. The van der Waals surface area contributed by atoms with Crippen LogP contribution in [-0.4, -0.2) is 36.9 Å². The Morgan fingerprint density at radius 2 is 2.26 bits per heavy atom. The van der Waals surface area contributed by atoms with Crippen LogP contribution in [0.25, 0.3) is 0 Å². The number of allylic oxidation sites excluding steroid dienone is 1. The van der Waals surface area contributed by atoms with E-state index >= 15 is 0 Å². The molecule has 5 heteroatoms. The van der Waals surface area contributed by atoms with Gasteiger partial charge in [0.05, 0.1) is 6.26 Å². The predicted octanol–water partition coefficient (Wildman–Crippen LogP) is 2.18. The molecule has 2 unspecified atom stereocenters. The van der Waals surface area contributed by atoms with Crippen LogP contribution in [0.5, 0.6) is 0 Å². The SMILES string of the molecule is CC(CNCC1CCC=CO1)NC(=O)OC(C)(C)C. The lowest BCUT2D eigenvalue weighted by Crippen LogP contribution is -2.44. The molecule has 2 atom stereocenters. The molecule has 0 radical (unpaired) electrons. The van der Waals surface area contributed by atoms with E-state index in [1.807, 2.05) is 33.8 Å². The third kappa shape index (κ3) is 7.72. The monoisotopic (exact) mass is 270 g/mol. The van der Waals surface area contributed by atoms with Gasteiger partial charge in [0.25, 0.3) is 0 Å². The van der Waals surface area contributed by atoms with Crippen LogP contribution < -0.4 is 10.6 Å². The Morgan fingerprint density at radius 1 is 1.53 bits per heavy atom. The van der Waals surface area contributed by atoms with Crippen molar-refractivity contribution in [3.05, 3.63) is 12.3 Å². The van der Waals surface area contributed by atoms with Gasteiger partial charge in [-0.2, -0.15) is 0 Å². The standard InChI is InChI=1S/C14H26N2O3/c1-11(16-13(17)19-14(2,3)4)9-15-10-12-7-5-6-8-18-12/h6,8,11-12,15H,5,7,9-10H2,1-4H3,(H,16,17). The van der Waals surface area contributed by atoms with E-state index in [1.54, 1.807) is 6.26 Å². The largest absolute Gasteiger partial charge is 0.497 e. The van der Waals surface area contributed by atoms with Crippen LogP contribution in [0.15, 0.2) is 12.3 Å². The van der Waals surface area contributed by atoms with Gasteiger partial charge in [0, 0.05) is 19.1 Å². The summed E-state index contributed by atoms with van der Waals surface area (Å²) in [5, 5.41) is 6.09. The minimum absolute atomic E-state index is 0.0222. The first kappa shape index (κ1) is 15.8. The van der Waals surface area contributed by atoms with Crippen LogP contribution >= 0.6 is 0 Å². The number of ether oxygens (including phenoxy) is 2. The van der Waals surface area contributed by atoms with Gasteiger partial charge in [0.2, 0.25) is 0 Å². The Hall–Kier alpha value is -1.23. The summed E-state index contributed by atoms with van der Waals surface area (Å²) in [5.74, 6) is 0. The van der Waals surface area contributed by atoms with Crippen LogP contribution in [0.1, 0.15) is 40.5 Å². The molecule has 0 spiro atoms. The lowest BCUT2D eigenvalue weighted by molar-refractivity contribution is 0.0507. The van der Waals surface area contributed by atoms with Crippen molar-refractivity contribution in [2.75, 3.05) is 13.1 Å². The Morgan fingerprint density at radius 3 is 2.84 bits per heavy atom. The Bertz CT molecular complexity index is 310. The number of hydrogen-bond donors (Lipinski definition) is 2. The van der Waals surface area contributed by atoms with Gasteiger partial charge in [-0.15, -0.1) is 0 Å². The first-order valence-corrected chi connectivity index (χ1v) is 6.87. The number of amides is 1. The van der Waals surface area contributed by atoms with E-state index in [4.69, 9.17) is 9.47 Å². The van der Waals surface area contributed by atoms with E-state index in [-0.39, 0.29) is 18.2 Å². The van der Waals surface area contributed by atoms with Gasteiger partial charge >= 0.3 is 6.09 Å². The maximum absolute atomic E-state index is 11.5. The van der Waals surface area contributed by atoms with Crippen molar-refractivity contribution in [3.63, 3.8) is 0 Å². The van der Waals surface area contributed by atoms with E-state index in [2.05, 4.69) is 10.6 Å². The molecule has 1 heterocycles. The molecule has 0 saturated heterocycles. The van der Waals surface area contributed by atoms with Crippen LogP contribution in [0.3, 0.4) is 0 Å². The first-order valence-electron chi connectivity index (χ1n) is 6.87. The Balaban J connectivity index is 2.12. The maximum Gasteiger partial charge on any atom is 0.407 e. The summed E-state index contributed by atoms with van der Waals surface area (Å²) in [6.07, 6.45) is 5.76. The Kier molecular flexibility index (Phi) is 6.15. The fourth-order valence-corrected chi connectivity index (χ4v) is 1.76. The van der Waals surface area contributed by atoms with E-state index in [0.717, 1.165) is 19.4 Å². The molecule has 110 valence electrons. The number of rotatable bonds is 5. The molecular formula is C14H26N2O3. The van der Waals surface area contributed by atoms with Crippen LogP contribution in [-0.2, 0) is 9.47 Å². The summed E-state index contributed by atoms with van der Waals surface area (Å²) < 4.78 is 10.6. The molecule has 0 aromatic carbocycles. The van der Waals surface area contributed by atoms with Crippen LogP contribution in [0.4, 0.5) is 4.79 Å². The molecule has 0 bridgehead atoms. The fraction of sp³-hybridized carbons (Fsp3) is 0.786. The summed E-state index contributed by atoms with van der Waals surface area (Å²) >= 11 is 0. The van der Waals surface area contributed by atoms with Gasteiger partial charge in [0.1, 0.15) is 11.7 Å². The van der Waals surface area contributed by atoms with Gasteiger partial charge in [-0.1, -0.05) is 0 Å². The van der Waals surface area contributed by atoms with Crippen molar-refractivity contribution in [1.29, 1.82) is 0 Å². The zero-order valence-electron chi connectivity index (χ0n) is 12.4. The highest BCUT2D eigenvalue weighted by molar-refractivity contribution is 5.68. The number of carbonyl (C=O) groups excluding carboxylic acids is 1. The summed E-state index contributed by atoms with van der Waals surface area (Å²) in [6, 6.07) is 0.0222. The highest BCUT2D eigenvalue weighted by atomic mass is 16.6. The molecule has 1 aliphatic rings. The van der Waals surface area contributed by atoms with Crippen molar-refractivity contribution in [1.82, 2.24) is 10.6 Å². The average molecular weight is 270 g/mol. The number of nitrogens with one attached hydrogen (secondary N) is 2. The van der Waals surface area contributed by atoms with E-state index < -0.39 is 5.60 Å². The molecule has 1 rings (SSSR count). The minimum atomic E-state index is -0.459. The third-order valence-corrected chi connectivity index (χ3v) is 2.61. The van der Waals surface area contributed by atoms with Crippen molar-refractivity contribution in [2.24, 2.45) is 0 Å². The maximum atomic E-state index is 11.5. The van der Waals surface area contributed by atoms with Crippen LogP contribution in [0, 0.1) is 0 Å². The van der Waals surface area contributed by atoms with E-state index in [1.165, 1.54) is 0 Å². The molecular weight excluding hydrogens is 244 g/mol.